The molecule has 11 aromatic rings. The predicted molar refractivity (Wildman–Crippen MR) is 251 cm³/mol. The lowest BCUT2D eigenvalue weighted by atomic mass is 10.0. The molecular formula is C54H37N4P. The predicted octanol–water partition coefficient (Wildman–Crippen LogP) is 14.5. The van der Waals surface area contributed by atoms with Crippen molar-refractivity contribution in [1.29, 1.82) is 0 Å². The van der Waals surface area contributed by atoms with Crippen LogP contribution in [0, 0.1) is 0 Å². The van der Waals surface area contributed by atoms with Gasteiger partial charge in [0.2, 0.25) is 0 Å². The average Bonchev–Trinajstić information content (AvgIpc) is 3.95. The Morgan fingerprint density at radius 3 is 1.24 bits per heavy atom. The average molecular weight is 773 g/mol. The van der Waals surface area contributed by atoms with Crippen LogP contribution in [0.15, 0.2) is 224 Å². The summed E-state index contributed by atoms with van der Waals surface area (Å²) in [5, 5.41) is 6.28. The second-order valence-electron chi connectivity index (χ2n) is 15.1. The van der Waals surface area contributed by atoms with Crippen molar-refractivity contribution in [2.75, 3.05) is 9.34 Å². The van der Waals surface area contributed by atoms with Crippen LogP contribution in [-0.4, -0.2) is 9.13 Å². The maximum Gasteiger partial charge on any atom is 0.138 e. The highest BCUT2D eigenvalue weighted by molar-refractivity contribution is 7.70. The van der Waals surface area contributed by atoms with Gasteiger partial charge in [0.25, 0.3) is 0 Å². The third-order valence-electron chi connectivity index (χ3n) is 11.7. The Morgan fingerprint density at radius 1 is 0.271 bits per heavy atom. The minimum Gasteiger partial charge on any atom is -0.309 e. The number of para-hydroxylation sites is 5. The third kappa shape index (κ3) is 5.34. The van der Waals surface area contributed by atoms with Crippen molar-refractivity contribution in [3.8, 4) is 22.5 Å². The fourth-order valence-electron chi connectivity index (χ4n) is 9.16. The summed E-state index contributed by atoms with van der Waals surface area (Å²) in [4.78, 5) is 0. The van der Waals surface area contributed by atoms with E-state index < -0.39 is 8.22 Å². The van der Waals surface area contributed by atoms with Gasteiger partial charge in [0.15, 0.2) is 0 Å². The van der Waals surface area contributed by atoms with E-state index in [0.717, 1.165) is 5.69 Å². The van der Waals surface area contributed by atoms with Gasteiger partial charge < -0.3 is 9.13 Å². The van der Waals surface area contributed by atoms with Crippen molar-refractivity contribution < 1.29 is 0 Å². The molecule has 0 fully saturated rings. The van der Waals surface area contributed by atoms with Crippen molar-refractivity contribution in [2.45, 2.75) is 0 Å². The van der Waals surface area contributed by atoms with Crippen LogP contribution in [0.2, 0.25) is 0 Å². The molecule has 2 aromatic heterocycles. The van der Waals surface area contributed by atoms with Crippen molar-refractivity contribution in [2.24, 2.45) is 0 Å². The fraction of sp³-hybridized carbons (Fsp3) is 0. The quantitative estimate of drug-likeness (QED) is 0.157. The van der Waals surface area contributed by atoms with Crippen LogP contribution in [0.5, 0.6) is 0 Å². The maximum atomic E-state index is 2.56. The number of benzene rings is 9. The first-order valence-electron chi connectivity index (χ1n) is 20.1. The van der Waals surface area contributed by atoms with Gasteiger partial charge in [-0.25, -0.2) is 0 Å². The first-order chi connectivity index (χ1) is 29.3. The highest BCUT2D eigenvalue weighted by Crippen LogP contribution is 2.65. The normalized spacial score (nSPS) is 13.9. The first-order valence-corrected chi connectivity index (χ1v) is 21.4. The summed E-state index contributed by atoms with van der Waals surface area (Å²) in [5.74, 6) is 0. The van der Waals surface area contributed by atoms with Crippen molar-refractivity contribution in [1.82, 2.24) is 9.13 Å². The molecule has 0 aliphatic carbocycles. The number of hydrogen-bond acceptors (Lipinski definition) is 2. The fourth-order valence-corrected chi connectivity index (χ4v) is 11.7. The standard InChI is InChI=1S/C54H37N4P/c1-5-17-40(18-6-1)55-49-27-15-13-25-45(49)47-35-38(29-32-51(47)55)39-30-33-52-48(36-39)46-26-14-16-28-50(46)56(52)43-31-34-53-54(37-43)58(42-21-9-3-10-22-42)59(44-23-11-4-12-24-44)57(53)41-19-7-2-8-20-41/h1-37H. The largest absolute Gasteiger partial charge is 0.309 e. The molecule has 0 N–H and O–H groups in total. The Balaban J connectivity index is 1.03. The molecule has 0 spiro atoms. The van der Waals surface area contributed by atoms with Gasteiger partial charge in [-0.3, -0.25) is 9.34 Å². The molecular weight excluding hydrogens is 736 g/mol. The van der Waals surface area contributed by atoms with Crippen LogP contribution >= 0.6 is 8.22 Å². The molecule has 1 atom stereocenters. The second kappa shape index (κ2) is 13.6. The highest BCUT2D eigenvalue weighted by Gasteiger charge is 2.40. The van der Waals surface area contributed by atoms with E-state index in [2.05, 4.69) is 243 Å². The van der Waals surface area contributed by atoms with Crippen LogP contribution in [-0.2, 0) is 0 Å². The van der Waals surface area contributed by atoms with E-state index >= 15 is 0 Å². The van der Waals surface area contributed by atoms with Crippen molar-refractivity contribution >= 4 is 79.9 Å². The van der Waals surface area contributed by atoms with E-state index in [1.54, 1.807) is 0 Å². The summed E-state index contributed by atoms with van der Waals surface area (Å²) in [6, 6.07) is 81.9. The minimum atomic E-state index is -0.996. The van der Waals surface area contributed by atoms with Gasteiger partial charge in [0.05, 0.1) is 33.4 Å². The molecule has 4 nitrogen and oxygen atoms in total. The van der Waals surface area contributed by atoms with Crippen molar-refractivity contribution in [3.05, 3.63) is 224 Å². The Bertz CT molecular complexity index is 3340. The highest BCUT2D eigenvalue weighted by atomic mass is 31.1. The van der Waals surface area contributed by atoms with E-state index in [1.165, 1.54) is 88.5 Å². The summed E-state index contributed by atoms with van der Waals surface area (Å²) in [6.07, 6.45) is 0. The minimum absolute atomic E-state index is 0.996. The van der Waals surface area contributed by atoms with Gasteiger partial charge in [0.1, 0.15) is 8.22 Å². The molecule has 12 rings (SSSR count). The molecule has 0 saturated heterocycles. The Morgan fingerprint density at radius 2 is 0.695 bits per heavy atom. The molecule has 0 radical (unpaired) electrons. The summed E-state index contributed by atoms with van der Waals surface area (Å²) in [7, 11) is -0.996. The molecule has 278 valence electrons. The summed E-state index contributed by atoms with van der Waals surface area (Å²) >= 11 is 0. The van der Waals surface area contributed by atoms with Gasteiger partial charge in [-0.1, -0.05) is 133 Å². The molecule has 1 aliphatic rings. The van der Waals surface area contributed by atoms with Crippen LogP contribution in [0.3, 0.4) is 0 Å². The number of aromatic nitrogens is 2. The zero-order valence-corrected chi connectivity index (χ0v) is 33.0. The molecule has 0 amide bonds. The monoisotopic (exact) mass is 772 g/mol. The van der Waals surface area contributed by atoms with Crippen LogP contribution in [0.1, 0.15) is 0 Å². The van der Waals surface area contributed by atoms with Gasteiger partial charge in [-0.2, -0.15) is 0 Å². The maximum absolute atomic E-state index is 2.56. The Kier molecular flexibility index (Phi) is 7.79. The number of hydrogen-bond donors (Lipinski definition) is 0. The zero-order chi connectivity index (χ0) is 38.9. The molecule has 5 heteroatoms. The molecule has 1 aliphatic heterocycles. The van der Waals surface area contributed by atoms with E-state index in [4.69, 9.17) is 0 Å². The number of anilines is 4. The lowest BCUT2D eigenvalue weighted by Gasteiger charge is -2.32. The lowest BCUT2D eigenvalue weighted by molar-refractivity contribution is 1.18. The Hall–Kier alpha value is -7.39. The van der Waals surface area contributed by atoms with E-state index in [0.29, 0.717) is 0 Å². The molecule has 0 bridgehead atoms. The molecule has 0 saturated carbocycles. The van der Waals surface area contributed by atoms with Gasteiger partial charge in [-0.05, 0) is 102 Å². The van der Waals surface area contributed by atoms with Gasteiger partial charge in [-0.15, -0.1) is 0 Å². The third-order valence-corrected chi connectivity index (χ3v) is 14.1. The second-order valence-corrected chi connectivity index (χ2v) is 17.0. The number of nitrogens with zero attached hydrogens (tertiary/aromatic N) is 4. The summed E-state index contributed by atoms with van der Waals surface area (Å²) < 4.78 is 9.93. The first kappa shape index (κ1) is 33.7. The van der Waals surface area contributed by atoms with Crippen LogP contribution in [0.4, 0.5) is 22.7 Å². The SMILES string of the molecule is c1ccc(N2c3ccc(-n4c5ccccc5c5cc(-c6ccc7c(c6)c6ccccc6n7-c6ccccc6)ccc54)cc3N(c3ccccc3)P2c2ccccc2)cc1. The molecule has 59 heavy (non-hydrogen) atoms. The van der Waals surface area contributed by atoms with Gasteiger partial charge >= 0.3 is 0 Å². The van der Waals surface area contributed by atoms with Crippen molar-refractivity contribution in [3.63, 3.8) is 0 Å². The summed E-state index contributed by atoms with van der Waals surface area (Å²) in [6.45, 7) is 0. The van der Waals surface area contributed by atoms with E-state index in [1.807, 2.05) is 0 Å². The molecule has 1 unspecified atom stereocenters. The zero-order valence-electron chi connectivity index (χ0n) is 32.1. The van der Waals surface area contributed by atoms with E-state index in [-0.39, 0.29) is 0 Å². The summed E-state index contributed by atoms with van der Waals surface area (Å²) in [5.41, 5.74) is 14.3. The van der Waals surface area contributed by atoms with Crippen LogP contribution < -0.4 is 14.6 Å². The smallest absolute Gasteiger partial charge is 0.138 e. The lowest BCUT2D eigenvalue weighted by Crippen LogP contribution is -2.21. The van der Waals surface area contributed by atoms with E-state index in [9.17, 15) is 0 Å². The number of fused-ring (bicyclic) bond motifs is 7. The Labute approximate surface area is 343 Å². The van der Waals surface area contributed by atoms with Crippen LogP contribution in [0.25, 0.3) is 66.1 Å². The number of rotatable bonds is 6. The molecule has 9 aromatic carbocycles. The molecule has 3 heterocycles. The topological polar surface area (TPSA) is 16.3 Å². The van der Waals surface area contributed by atoms with Gasteiger partial charge in [0, 0.05) is 49.6 Å².